The summed E-state index contributed by atoms with van der Waals surface area (Å²) in [6.07, 6.45) is 2.36. The predicted molar refractivity (Wildman–Crippen MR) is 64.9 cm³/mol. The molecule has 0 aliphatic carbocycles. The second kappa shape index (κ2) is 6.12. The Morgan fingerprint density at radius 3 is 2.87 bits per heavy atom. The van der Waals surface area contributed by atoms with Crippen LogP contribution in [0, 0.1) is 0 Å². The van der Waals surface area contributed by atoms with Gasteiger partial charge in [0.1, 0.15) is 5.25 Å². The summed E-state index contributed by atoms with van der Waals surface area (Å²) in [5.41, 5.74) is 0.905. The molecule has 0 fully saturated rings. The Morgan fingerprint density at radius 1 is 1.67 bits per heavy atom. The molecule has 1 atom stereocenters. The summed E-state index contributed by atoms with van der Waals surface area (Å²) in [4.78, 5) is 14.9. The highest BCUT2D eigenvalue weighted by atomic mass is 79.9. The number of aromatic nitrogens is 1. The number of carboxylic acids is 1. The van der Waals surface area contributed by atoms with Gasteiger partial charge in [0, 0.05) is 16.4 Å². The lowest BCUT2D eigenvalue weighted by Crippen LogP contribution is -2.15. The fourth-order valence-corrected chi connectivity index (χ4v) is 2.20. The second-order valence-corrected chi connectivity index (χ2v) is 5.12. The molecule has 0 aliphatic rings. The number of carbonyl (C=O) groups is 1. The Hall–Kier alpha value is -0.550. The van der Waals surface area contributed by atoms with E-state index >= 15 is 0 Å². The van der Waals surface area contributed by atoms with E-state index in [0.717, 1.165) is 10.2 Å². The third-order valence-electron chi connectivity index (χ3n) is 1.87. The van der Waals surface area contributed by atoms with Gasteiger partial charge >= 0.3 is 5.97 Å². The van der Waals surface area contributed by atoms with E-state index in [2.05, 4.69) is 20.9 Å². The zero-order chi connectivity index (χ0) is 11.3. The summed E-state index contributed by atoms with van der Waals surface area (Å²) in [7, 11) is 0. The molecular formula is C10H12BrNO2S. The lowest BCUT2D eigenvalue weighted by Gasteiger charge is -2.08. The summed E-state index contributed by atoms with van der Waals surface area (Å²) in [5.74, 6) is -0.113. The lowest BCUT2D eigenvalue weighted by atomic mass is 10.3. The van der Waals surface area contributed by atoms with E-state index in [1.807, 2.05) is 19.1 Å². The summed E-state index contributed by atoms with van der Waals surface area (Å²) in [6.45, 7) is 1.88. The minimum absolute atomic E-state index is 0.338. The van der Waals surface area contributed by atoms with Crippen LogP contribution in [-0.4, -0.2) is 21.3 Å². The van der Waals surface area contributed by atoms with E-state index in [1.165, 1.54) is 11.8 Å². The highest BCUT2D eigenvalue weighted by Crippen LogP contribution is 2.20. The van der Waals surface area contributed by atoms with Crippen molar-refractivity contribution in [3.05, 3.63) is 28.5 Å². The number of thioether (sulfide) groups is 1. The van der Waals surface area contributed by atoms with Crippen LogP contribution in [0.4, 0.5) is 0 Å². The predicted octanol–water partition coefficient (Wildman–Crippen LogP) is 2.94. The van der Waals surface area contributed by atoms with Crippen LogP contribution < -0.4 is 0 Å². The van der Waals surface area contributed by atoms with E-state index < -0.39 is 5.97 Å². The molecule has 0 saturated carbocycles. The Kier molecular flexibility index (Phi) is 5.11. The van der Waals surface area contributed by atoms with Gasteiger partial charge in [-0.1, -0.05) is 6.92 Å². The van der Waals surface area contributed by atoms with Crippen molar-refractivity contribution in [3.63, 3.8) is 0 Å². The molecule has 3 nitrogen and oxygen atoms in total. The van der Waals surface area contributed by atoms with Crippen molar-refractivity contribution in [1.82, 2.24) is 4.98 Å². The van der Waals surface area contributed by atoms with Crippen molar-refractivity contribution in [2.45, 2.75) is 24.3 Å². The molecule has 1 rings (SSSR count). The molecule has 0 saturated heterocycles. The third-order valence-corrected chi connectivity index (χ3v) is 3.74. The fraction of sp³-hybridized carbons (Fsp3) is 0.400. The van der Waals surface area contributed by atoms with Crippen molar-refractivity contribution >= 4 is 33.7 Å². The van der Waals surface area contributed by atoms with Gasteiger partial charge in [-0.2, -0.15) is 0 Å². The molecule has 1 N–H and O–H groups in total. The maximum Gasteiger partial charge on any atom is 0.316 e. The van der Waals surface area contributed by atoms with Gasteiger partial charge in [0.05, 0.1) is 5.69 Å². The molecular weight excluding hydrogens is 278 g/mol. The molecule has 0 bridgehead atoms. The highest BCUT2D eigenvalue weighted by Gasteiger charge is 2.15. The van der Waals surface area contributed by atoms with Crippen LogP contribution in [0.2, 0.25) is 0 Å². The van der Waals surface area contributed by atoms with Crippen LogP contribution in [0.1, 0.15) is 19.0 Å². The van der Waals surface area contributed by atoms with E-state index in [-0.39, 0.29) is 5.25 Å². The van der Waals surface area contributed by atoms with Gasteiger partial charge in [-0.05, 0) is 34.5 Å². The smallest absolute Gasteiger partial charge is 0.316 e. The molecule has 15 heavy (non-hydrogen) atoms. The zero-order valence-corrected chi connectivity index (χ0v) is 10.7. The Morgan fingerprint density at radius 2 is 2.40 bits per heavy atom. The van der Waals surface area contributed by atoms with Gasteiger partial charge in [0.15, 0.2) is 0 Å². The quantitative estimate of drug-likeness (QED) is 0.905. The van der Waals surface area contributed by atoms with Crippen molar-refractivity contribution in [2.75, 3.05) is 0 Å². The Labute approximate surface area is 101 Å². The van der Waals surface area contributed by atoms with Crippen LogP contribution in [0.15, 0.2) is 22.8 Å². The Bertz CT molecular complexity index is 329. The maximum atomic E-state index is 10.8. The first-order valence-electron chi connectivity index (χ1n) is 4.58. The van der Waals surface area contributed by atoms with Crippen LogP contribution >= 0.6 is 27.7 Å². The summed E-state index contributed by atoms with van der Waals surface area (Å²) >= 11 is 4.71. The molecule has 1 aromatic rings. The molecule has 0 spiro atoms. The van der Waals surface area contributed by atoms with Gasteiger partial charge < -0.3 is 5.11 Å². The lowest BCUT2D eigenvalue weighted by molar-refractivity contribution is -0.136. The number of halogens is 1. The third kappa shape index (κ3) is 4.22. The minimum atomic E-state index is -0.750. The molecule has 0 aromatic carbocycles. The number of hydrogen-bond acceptors (Lipinski definition) is 3. The van der Waals surface area contributed by atoms with E-state index in [9.17, 15) is 4.79 Å². The molecule has 1 aromatic heterocycles. The van der Waals surface area contributed by atoms with Crippen LogP contribution in [0.5, 0.6) is 0 Å². The van der Waals surface area contributed by atoms with E-state index in [0.29, 0.717) is 12.2 Å². The molecule has 0 amide bonds. The first-order valence-corrected chi connectivity index (χ1v) is 6.42. The number of nitrogens with zero attached hydrogens (tertiary/aromatic N) is 1. The first kappa shape index (κ1) is 12.5. The van der Waals surface area contributed by atoms with Gasteiger partial charge in [0.2, 0.25) is 0 Å². The number of hydrogen-bond donors (Lipinski definition) is 1. The summed E-state index contributed by atoms with van der Waals surface area (Å²) in [6, 6.07) is 3.80. The molecule has 1 unspecified atom stereocenters. The summed E-state index contributed by atoms with van der Waals surface area (Å²) < 4.78 is 0.932. The normalized spacial score (nSPS) is 12.4. The standard InChI is InChI=1S/C10H12BrNO2S/c1-2-9(10(13)14)15-6-8-4-3-7(11)5-12-8/h3-5,9H,2,6H2,1H3,(H,13,14). The SMILES string of the molecule is CCC(SCc1ccc(Br)cn1)C(=O)O. The monoisotopic (exact) mass is 289 g/mol. The molecule has 0 aliphatic heterocycles. The molecule has 5 heteroatoms. The molecule has 0 radical (unpaired) electrons. The largest absolute Gasteiger partial charge is 0.480 e. The van der Waals surface area contributed by atoms with Crippen LogP contribution in [0.3, 0.4) is 0 Å². The highest BCUT2D eigenvalue weighted by molar-refractivity contribution is 9.10. The van der Waals surface area contributed by atoms with Gasteiger partial charge in [-0.25, -0.2) is 0 Å². The van der Waals surface area contributed by atoms with E-state index in [4.69, 9.17) is 5.11 Å². The van der Waals surface area contributed by atoms with Crippen LogP contribution in [-0.2, 0) is 10.5 Å². The minimum Gasteiger partial charge on any atom is -0.480 e. The topological polar surface area (TPSA) is 50.2 Å². The van der Waals surface area contributed by atoms with Gasteiger partial charge in [0.25, 0.3) is 0 Å². The number of pyridine rings is 1. The van der Waals surface area contributed by atoms with Gasteiger partial charge in [-0.3, -0.25) is 9.78 Å². The van der Waals surface area contributed by atoms with E-state index in [1.54, 1.807) is 6.20 Å². The second-order valence-electron chi connectivity index (χ2n) is 3.01. The fourth-order valence-electron chi connectivity index (χ4n) is 1.04. The average molecular weight is 290 g/mol. The zero-order valence-electron chi connectivity index (χ0n) is 8.31. The van der Waals surface area contributed by atoms with Crippen molar-refractivity contribution in [3.8, 4) is 0 Å². The van der Waals surface area contributed by atoms with Gasteiger partial charge in [-0.15, -0.1) is 11.8 Å². The number of aliphatic carboxylic acids is 1. The van der Waals surface area contributed by atoms with Crippen molar-refractivity contribution in [1.29, 1.82) is 0 Å². The Balaban J connectivity index is 2.49. The number of carboxylic acid groups (broad SMARTS) is 1. The first-order chi connectivity index (χ1) is 7.13. The molecule has 1 heterocycles. The maximum absolute atomic E-state index is 10.8. The molecule has 82 valence electrons. The summed E-state index contributed by atoms with van der Waals surface area (Å²) in [5, 5.41) is 8.51. The number of rotatable bonds is 5. The average Bonchev–Trinajstić information content (AvgIpc) is 2.21. The van der Waals surface area contributed by atoms with Crippen LogP contribution in [0.25, 0.3) is 0 Å². The van der Waals surface area contributed by atoms with Crippen molar-refractivity contribution in [2.24, 2.45) is 0 Å². The van der Waals surface area contributed by atoms with Crippen molar-refractivity contribution < 1.29 is 9.90 Å².